The van der Waals surface area contributed by atoms with Crippen LogP contribution in [0, 0.1) is 0 Å². The van der Waals surface area contributed by atoms with Gasteiger partial charge in [-0.2, -0.15) is 0 Å². The molecule has 1 amide bonds. The largest absolute Gasteiger partial charge is 0.349 e. The zero-order valence-electron chi connectivity index (χ0n) is 10.3. The Hall–Kier alpha value is -1.94. The molecule has 3 rings (SSSR count). The molecule has 0 atom stereocenters. The number of nitrogens with one attached hydrogen (secondary N) is 1. The van der Waals surface area contributed by atoms with Gasteiger partial charge in [0.1, 0.15) is 0 Å². The topological polar surface area (TPSA) is 46.2 Å². The number of carbonyl (C=O) groups is 2. The van der Waals surface area contributed by atoms with Gasteiger partial charge in [-0.25, -0.2) is 0 Å². The Morgan fingerprint density at radius 1 is 1.05 bits per heavy atom. The van der Waals surface area contributed by atoms with E-state index in [2.05, 4.69) is 5.32 Å². The molecule has 0 spiro atoms. The molecule has 1 fully saturated rings. The van der Waals surface area contributed by atoms with Crippen LogP contribution in [0.15, 0.2) is 41.8 Å². The van der Waals surface area contributed by atoms with E-state index in [9.17, 15) is 9.59 Å². The molecule has 96 valence electrons. The lowest BCUT2D eigenvalue weighted by molar-refractivity contribution is 0.0940. The van der Waals surface area contributed by atoms with E-state index in [1.807, 2.05) is 11.4 Å². The fraction of sp³-hybridized carbons (Fsp3) is 0.200. The van der Waals surface area contributed by atoms with Crippen molar-refractivity contribution in [2.24, 2.45) is 0 Å². The molecule has 2 aromatic rings. The zero-order valence-corrected chi connectivity index (χ0v) is 11.1. The highest BCUT2D eigenvalue weighted by molar-refractivity contribution is 7.12. The molecule has 0 aliphatic heterocycles. The highest BCUT2D eigenvalue weighted by atomic mass is 32.1. The van der Waals surface area contributed by atoms with Crippen LogP contribution in [0.1, 0.15) is 38.4 Å². The molecule has 1 aromatic carbocycles. The maximum atomic E-state index is 12.4. The number of hydrogen-bond acceptors (Lipinski definition) is 3. The first-order chi connectivity index (χ1) is 9.25. The molecule has 1 aliphatic carbocycles. The summed E-state index contributed by atoms with van der Waals surface area (Å²) in [4.78, 5) is 25.2. The van der Waals surface area contributed by atoms with E-state index in [1.54, 1.807) is 30.3 Å². The standard InChI is InChI=1S/C15H13NO2S/c17-14(13-6-3-9-19-13)11-4-1-2-5-12(11)15(18)16-10-7-8-10/h1-6,9-10H,7-8H2,(H,16,18). The van der Waals surface area contributed by atoms with Crippen LogP contribution in [0.5, 0.6) is 0 Å². The van der Waals surface area contributed by atoms with E-state index >= 15 is 0 Å². The van der Waals surface area contributed by atoms with Gasteiger partial charge in [0.15, 0.2) is 0 Å². The molecule has 1 aliphatic rings. The number of benzene rings is 1. The van der Waals surface area contributed by atoms with Gasteiger partial charge < -0.3 is 5.32 Å². The molecule has 1 N–H and O–H groups in total. The van der Waals surface area contributed by atoms with E-state index in [4.69, 9.17) is 0 Å². The van der Waals surface area contributed by atoms with E-state index in [0.717, 1.165) is 12.8 Å². The van der Waals surface area contributed by atoms with E-state index < -0.39 is 0 Å². The second kappa shape index (κ2) is 4.97. The monoisotopic (exact) mass is 271 g/mol. The van der Waals surface area contributed by atoms with Crippen molar-refractivity contribution >= 4 is 23.0 Å². The summed E-state index contributed by atoms with van der Waals surface area (Å²) in [5.41, 5.74) is 0.941. The van der Waals surface area contributed by atoms with Crippen molar-refractivity contribution in [3.05, 3.63) is 57.8 Å². The first-order valence-corrected chi connectivity index (χ1v) is 7.12. The van der Waals surface area contributed by atoms with Crippen molar-refractivity contribution in [3.8, 4) is 0 Å². The molecule has 1 aromatic heterocycles. The molecule has 19 heavy (non-hydrogen) atoms. The Kier molecular flexibility index (Phi) is 3.17. The Bertz CT molecular complexity index is 615. The summed E-state index contributed by atoms with van der Waals surface area (Å²) in [6, 6.07) is 10.9. The smallest absolute Gasteiger partial charge is 0.252 e. The normalized spacial score (nSPS) is 14.1. The average molecular weight is 271 g/mol. The molecule has 0 bridgehead atoms. The van der Waals surface area contributed by atoms with Crippen LogP contribution >= 0.6 is 11.3 Å². The Morgan fingerprint density at radius 3 is 2.42 bits per heavy atom. The number of carbonyl (C=O) groups excluding carboxylic acids is 2. The molecule has 0 saturated heterocycles. The highest BCUT2D eigenvalue weighted by Crippen LogP contribution is 2.22. The molecule has 1 heterocycles. The summed E-state index contributed by atoms with van der Waals surface area (Å²) in [5.74, 6) is -0.237. The molecule has 0 unspecified atom stereocenters. The van der Waals surface area contributed by atoms with Gasteiger partial charge in [0.05, 0.1) is 10.4 Å². The zero-order chi connectivity index (χ0) is 13.2. The molecular formula is C15H13NO2S. The van der Waals surface area contributed by atoms with Gasteiger partial charge in [0, 0.05) is 11.6 Å². The summed E-state index contributed by atoms with van der Waals surface area (Å²) in [6.07, 6.45) is 2.07. The van der Waals surface area contributed by atoms with Crippen LogP contribution in [-0.2, 0) is 0 Å². The summed E-state index contributed by atoms with van der Waals surface area (Å²) in [5, 5.41) is 4.78. The van der Waals surface area contributed by atoms with Crippen molar-refractivity contribution in [2.45, 2.75) is 18.9 Å². The van der Waals surface area contributed by atoms with E-state index in [0.29, 0.717) is 16.0 Å². The minimum Gasteiger partial charge on any atom is -0.349 e. The van der Waals surface area contributed by atoms with Crippen molar-refractivity contribution < 1.29 is 9.59 Å². The number of amides is 1. The molecule has 0 radical (unpaired) electrons. The van der Waals surface area contributed by atoms with Gasteiger partial charge in [-0.05, 0) is 30.4 Å². The lowest BCUT2D eigenvalue weighted by atomic mass is 10.0. The maximum absolute atomic E-state index is 12.4. The van der Waals surface area contributed by atoms with Crippen molar-refractivity contribution in [1.29, 1.82) is 0 Å². The first kappa shape index (κ1) is 12.1. The lowest BCUT2D eigenvalue weighted by Crippen LogP contribution is -2.27. The van der Waals surface area contributed by atoms with E-state index in [-0.39, 0.29) is 17.7 Å². The van der Waals surface area contributed by atoms with Gasteiger partial charge in [0.2, 0.25) is 5.78 Å². The Morgan fingerprint density at radius 2 is 1.79 bits per heavy atom. The second-order valence-electron chi connectivity index (χ2n) is 4.60. The molecule has 3 nitrogen and oxygen atoms in total. The number of rotatable bonds is 4. The minimum absolute atomic E-state index is 0.0865. The lowest BCUT2D eigenvalue weighted by Gasteiger charge is -2.08. The number of thiophene rings is 1. The molecular weight excluding hydrogens is 258 g/mol. The van der Waals surface area contributed by atoms with Crippen molar-refractivity contribution in [2.75, 3.05) is 0 Å². The summed E-state index contributed by atoms with van der Waals surface area (Å²) in [7, 11) is 0. The predicted octanol–water partition coefficient (Wildman–Crippen LogP) is 2.87. The quantitative estimate of drug-likeness (QED) is 0.869. The SMILES string of the molecule is O=C(NC1CC1)c1ccccc1C(=O)c1cccs1. The highest BCUT2D eigenvalue weighted by Gasteiger charge is 2.26. The summed E-state index contributed by atoms with van der Waals surface area (Å²) >= 11 is 1.39. The summed E-state index contributed by atoms with van der Waals surface area (Å²) in [6.45, 7) is 0. The minimum atomic E-state index is -0.150. The van der Waals surface area contributed by atoms with Gasteiger partial charge >= 0.3 is 0 Å². The molecule has 4 heteroatoms. The van der Waals surface area contributed by atoms with Crippen LogP contribution in [0.2, 0.25) is 0 Å². The van der Waals surface area contributed by atoms with E-state index in [1.165, 1.54) is 11.3 Å². The van der Waals surface area contributed by atoms with Gasteiger partial charge in [0.25, 0.3) is 5.91 Å². The number of hydrogen-bond donors (Lipinski definition) is 1. The summed E-state index contributed by atoms with van der Waals surface area (Å²) < 4.78 is 0. The maximum Gasteiger partial charge on any atom is 0.252 e. The van der Waals surface area contributed by atoms with Crippen LogP contribution < -0.4 is 5.32 Å². The Labute approximate surface area is 115 Å². The predicted molar refractivity (Wildman–Crippen MR) is 74.7 cm³/mol. The van der Waals surface area contributed by atoms with Crippen LogP contribution in [0.3, 0.4) is 0 Å². The Balaban J connectivity index is 1.92. The van der Waals surface area contributed by atoms with Gasteiger partial charge in [-0.1, -0.05) is 24.3 Å². The van der Waals surface area contributed by atoms with Crippen LogP contribution in [-0.4, -0.2) is 17.7 Å². The van der Waals surface area contributed by atoms with Crippen LogP contribution in [0.25, 0.3) is 0 Å². The van der Waals surface area contributed by atoms with Crippen molar-refractivity contribution in [1.82, 2.24) is 5.32 Å². The average Bonchev–Trinajstić information content (AvgIpc) is 3.08. The van der Waals surface area contributed by atoms with Crippen LogP contribution in [0.4, 0.5) is 0 Å². The third kappa shape index (κ3) is 2.58. The number of ketones is 1. The van der Waals surface area contributed by atoms with Gasteiger partial charge in [-0.3, -0.25) is 9.59 Å². The first-order valence-electron chi connectivity index (χ1n) is 6.24. The molecule has 1 saturated carbocycles. The van der Waals surface area contributed by atoms with Crippen molar-refractivity contribution in [3.63, 3.8) is 0 Å². The fourth-order valence-corrected chi connectivity index (χ4v) is 2.59. The second-order valence-corrected chi connectivity index (χ2v) is 5.55. The third-order valence-electron chi connectivity index (χ3n) is 3.07. The fourth-order valence-electron chi connectivity index (χ4n) is 1.91. The van der Waals surface area contributed by atoms with Gasteiger partial charge in [-0.15, -0.1) is 11.3 Å². The third-order valence-corrected chi connectivity index (χ3v) is 3.94.